The van der Waals surface area contributed by atoms with Crippen LogP contribution < -0.4 is 4.74 Å². The molecule has 2 aromatic heterocycles. The van der Waals surface area contributed by atoms with Gasteiger partial charge in [-0.3, -0.25) is 14.6 Å². The SMILES string of the molecule is COc1ccc(-c2cccc([C@H]3CN(Cc4cn(C)nc4C)CCO3)n2)cc1. The molecule has 0 spiro atoms. The zero-order valence-corrected chi connectivity index (χ0v) is 16.6. The van der Waals surface area contributed by atoms with Crippen molar-refractivity contribution >= 4 is 0 Å². The Bertz CT molecular complexity index is 936. The Morgan fingerprint density at radius 1 is 1.18 bits per heavy atom. The second-order valence-corrected chi connectivity index (χ2v) is 7.18. The van der Waals surface area contributed by atoms with Crippen molar-refractivity contribution in [2.75, 3.05) is 26.8 Å². The smallest absolute Gasteiger partial charge is 0.118 e. The van der Waals surface area contributed by atoms with Gasteiger partial charge in [-0.15, -0.1) is 0 Å². The molecule has 1 aliphatic rings. The summed E-state index contributed by atoms with van der Waals surface area (Å²) in [6.45, 7) is 5.40. The van der Waals surface area contributed by atoms with Gasteiger partial charge in [0.25, 0.3) is 0 Å². The number of aryl methyl sites for hydroxylation is 2. The highest BCUT2D eigenvalue weighted by Gasteiger charge is 2.24. The molecule has 3 heterocycles. The maximum absolute atomic E-state index is 6.05. The fourth-order valence-corrected chi connectivity index (χ4v) is 3.62. The molecule has 1 aromatic carbocycles. The molecule has 6 nitrogen and oxygen atoms in total. The number of hydrogen-bond donors (Lipinski definition) is 0. The monoisotopic (exact) mass is 378 g/mol. The average molecular weight is 378 g/mol. The summed E-state index contributed by atoms with van der Waals surface area (Å²) in [6, 6.07) is 14.1. The zero-order valence-electron chi connectivity index (χ0n) is 16.6. The lowest BCUT2D eigenvalue weighted by molar-refractivity contribution is -0.0350. The molecule has 3 aromatic rings. The van der Waals surface area contributed by atoms with E-state index in [-0.39, 0.29) is 6.10 Å². The number of methoxy groups -OCH3 is 1. The average Bonchev–Trinajstić information content (AvgIpc) is 3.05. The number of rotatable bonds is 5. The van der Waals surface area contributed by atoms with E-state index < -0.39 is 0 Å². The Morgan fingerprint density at radius 3 is 2.71 bits per heavy atom. The van der Waals surface area contributed by atoms with Crippen LogP contribution >= 0.6 is 0 Å². The fraction of sp³-hybridized carbons (Fsp3) is 0.364. The summed E-state index contributed by atoms with van der Waals surface area (Å²) < 4.78 is 13.2. The molecular weight excluding hydrogens is 352 g/mol. The van der Waals surface area contributed by atoms with Crippen LogP contribution in [0.2, 0.25) is 0 Å². The van der Waals surface area contributed by atoms with Crippen LogP contribution in [0.15, 0.2) is 48.7 Å². The molecule has 146 valence electrons. The van der Waals surface area contributed by atoms with Crippen LogP contribution in [-0.2, 0) is 18.3 Å². The number of ether oxygens (including phenoxy) is 2. The number of hydrogen-bond acceptors (Lipinski definition) is 5. The third-order valence-electron chi connectivity index (χ3n) is 5.15. The van der Waals surface area contributed by atoms with Gasteiger partial charge < -0.3 is 9.47 Å². The van der Waals surface area contributed by atoms with E-state index in [9.17, 15) is 0 Å². The molecule has 0 bridgehead atoms. The van der Waals surface area contributed by atoms with Crippen LogP contribution in [-0.4, -0.2) is 46.5 Å². The Labute approximate surface area is 165 Å². The molecule has 6 heteroatoms. The van der Waals surface area contributed by atoms with Crippen molar-refractivity contribution in [3.8, 4) is 17.0 Å². The second kappa shape index (κ2) is 8.12. The van der Waals surface area contributed by atoms with Crippen molar-refractivity contribution in [2.24, 2.45) is 7.05 Å². The normalized spacial score (nSPS) is 17.6. The number of aromatic nitrogens is 3. The summed E-state index contributed by atoms with van der Waals surface area (Å²) >= 11 is 0. The molecule has 1 saturated heterocycles. The van der Waals surface area contributed by atoms with Gasteiger partial charge in [-0.1, -0.05) is 6.07 Å². The fourth-order valence-electron chi connectivity index (χ4n) is 3.62. The lowest BCUT2D eigenvalue weighted by atomic mass is 10.1. The van der Waals surface area contributed by atoms with Crippen LogP contribution in [0.4, 0.5) is 0 Å². The van der Waals surface area contributed by atoms with Crippen LogP contribution in [0, 0.1) is 6.92 Å². The quantitative estimate of drug-likeness (QED) is 0.681. The lowest BCUT2D eigenvalue weighted by Gasteiger charge is -2.32. The molecule has 0 amide bonds. The Balaban J connectivity index is 1.49. The molecule has 0 aliphatic carbocycles. The maximum atomic E-state index is 6.05. The van der Waals surface area contributed by atoms with Gasteiger partial charge in [0.15, 0.2) is 0 Å². The first-order valence-corrected chi connectivity index (χ1v) is 9.57. The minimum Gasteiger partial charge on any atom is -0.497 e. The van der Waals surface area contributed by atoms with Gasteiger partial charge >= 0.3 is 0 Å². The van der Waals surface area contributed by atoms with Gasteiger partial charge in [0.05, 0.1) is 30.8 Å². The van der Waals surface area contributed by atoms with Crippen molar-refractivity contribution in [3.05, 3.63) is 65.6 Å². The third kappa shape index (κ3) is 4.08. The topological polar surface area (TPSA) is 52.4 Å². The first-order valence-electron chi connectivity index (χ1n) is 9.57. The standard InChI is InChI=1S/C22H26N4O2/c1-16-18(13-25(2)24-16)14-26-11-12-28-22(15-26)21-6-4-5-20(23-21)17-7-9-19(27-3)10-8-17/h4-10,13,22H,11-12,14-15H2,1-3H3/t22-/m1/s1. The first kappa shape index (κ1) is 18.7. The largest absolute Gasteiger partial charge is 0.497 e. The van der Waals surface area contributed by atoms with Crippen molar-refractivity contribution in [2.45, 2.75) is 19.6 Å². The molecule has 0 N–H and O–H groups in total. The van der Waals surface area contributed by atoms with Gasteiger partial charge in [0, 0.05) is 44.0 Å². The van der Waals surface area contributed by atoms with Gasteiger partial charge in [-0.05, 0) is 43.3 Å². The highest BCUT2D eigenvalue weighted by atomic mass is 16.5. The van der Waals surface area contributed by atoms with Gasteiger partial charge in [-0.2, -0.15) is 5.10 Å². The lowest BCUT2D eigenvalue weighted by Crippen LogP contribution is -2.38. The molecule has 1 fully saturated rings. The van der Waals surface area contributed by atoms with E-state index in [0.717, 1.165) is 48.0 Å². The van der Waals surface area contributed by atoms with Gasteiger partial charge in [-0.25, -0.2) is 0 Å². The minimum absolute atomic E-state index is 0.0241. The van der Waals surface area contributed by atoms with Crippen molar-refractivity contribution in [1.29, 1.82) is 0 Å². The number of nitrogens with zero attached hydrogens (tertiary/aromatic N) is 4. The van der Waals surface area contributed by atoms with E-state index in [4.69, 9.17) is 14.5 Å². The highest BCUT2D eigenvalue weighted by molar-refractivity contribution is 5.60. The zero-order chi connectivity index (χ0) is 19.5. The minimum atomic E-state index is -0.0241. The van der Waals surface area contributed by atoms with Crippen molar-refractivity contribution < 1.29 is 9.47 Å². The second-order valence-electron chi connectivity index (χ2n) is 7.18. The molecule has 4 rings (SSSR count). The maximum Gasteiger partial charge on any atom is 0.118 e. The highest BCUT2D eigenvalue weighted by Crippen LogP contribution is 2.26. The summed E-state index contributed by atoms with van der Waals surface area (Å²) in [4.78, 5) is 7.29. The summed E-state index contributed by atoms with van der Waals surface area (Å²) in [5.41, 5.74) is 5.35. The summed E-state index contributed by atoms with van der Waals surface area (Å²) in [7, 11) is 3.64. The summed E-state index contributed by atoms with van der Waals surface area (Å²) in [5.74, 6) is 0.844. The molecular formula is C22H26N4O2. The van der Waals surface area contributed by atoms with E-state index in [1.807, 2.05) is 42.1 Å². The molecule has 1 aliphatic heterocycles. The Morgan fingerprint density at radius 2 is 2.00 bits per heavy atom. The van der Waals surface area contributed by atoms with Crippen LogP contribution in [0.25, 0.3) is 11.3 Å². The molecule has 0 unspecified atom stereocenters. The Hall–Kier alpha value is -2.70. The number of benzene rings is 1. The predicted octanol–water partition coefficient (Wildman–Crippen LogP) is 3.37. The van der Waals surface area contributed by atoms with E-state index in [1.54, 1.807) is 7.11 Å². The third-order valence-corrected chi connectivity index (χ3v) is 5.15. The Kier molecular flexibility index (Phi) is 5.41. The van der Waals surface area contributed by atoms with Gasteiger partial charge in [0.2, 0.25) is 0 Å². The van der Waals surface area contributed by atoms with E-state index in [0.29, 0.717) is 6.61 Å². The molecule has 0 saturated carbocycles. The van der Waals surface area contributed by atoms with Crippen LogP contribution in [0.1, 0.15) is 23.1 Å². The summed E-state index contributed by atoms with van der Waals surface area (Å²) in [5, 5.41) is 4.45. The molecule has 1 atom stereocenters. The van der Waals surface area contributed by atoms with E-state index in [1.165, 1.54) is 5.56 Å². The van der Waals surface area contributed by atoms with Gasteiger partial charge in [0.1, 0.15) is 11.9 Å². The van der Waals surface area contributed by atoms with Crippen LogP contribution in [0.3, 0.4) is 0 Å². The van der Waals surface area contributed by atoms with Crippen molar-refractivity contribution in [1.82, 2.24) is 19.7 Å². The van der Waals surface area contributed by atoms with E-state index in [2.05, 4.69) is 35.3 Å². The number of morpholine rings is 1. The molecule has 0 radical (unpaired) electrons. The van der Waals surface area contributed by atoms with Crippen molar-refractivity contribution in [3.63, 3.8) is 0 Å². The molecule has 28 heavy (non-hydrogen) atoms. The summed E-state index contributed by atoms with van der Waals surface area (Å²) in [6.07, 6.45) is 2.08. The number of pyridine rings is 1. The van der Waals surface area contributed by atoms with Crippen LogP contribution in [0.5, 0.6) is 5.75 Å². The predicted molar refractivity (Wildman–Crippen MR) is 108 cm³/mol. The van der Waals surface area contributed by atoms with E-state index >= 15 is 0 Å². The first-order chi connectivity index (χ1) is 13.6.